The monoisotopic (exact) mass is 127 g/mol. The maximum Gasteiger partial charge on any atom is 0.0385 e. The summed E-state index contributed by atoms with van der Waals surface area (Å²) in [7, 11) is 0. The molecule has 2 aliphatic rings. The third-order valence-electron chi connectivity index (χ3n) is 2.34. The van der Waals surface area contributed by atoms with Crippen LogP contribution in [0.25, 0.3) is 0 Å². The summed E-state index contributed by atoms with van der Waals surface area (Å²) >= 11 is 0. The van der Waals surface area contributed by atoms with Crippen LogP contribution in [0.3, 0.4) is 0 Å². The Hall–Kier alpha value is -0.120. The molecule has 2 unspecified atom stereocenters. The lowest BCUT2D eigenvalue weighted by Gasteiger charge is -2.49. The van der Waals surface area contributed by atoms with E-state index in [-0.39, 0.29) is 0 Å². The van der Waals surface area contributed by atoms with E-state index in [0.717, 1.165) is 19.6 Å². The average Bonchev–Trinajstić information content (AvgIpc) is 1.86. The molecule has 2 fully saturated rings. The van der Waals surface area contributed by atoms with Crippen LogP contribution in [0.4, 0.5) is 0 Å². The van der Waals surface area contributed by atoms with Crippen LogP contribution in [0.2, 0.25) is 0 Å². The van der Waals surface area contributed by atoms with E-state index in [1.807, 2.05) is 0 Å². The van der Waals surface area contributed by atoms with E-state index in [1.54, 1.807) is 0 Å². The molecule has 0 aromatic carbocycles. The topological polar surface area (TPSA) is 41.3 Å². The highest BCUT2D eigenvalue weighted by Crippen LogP contribution is 2.16. The number of hydrogen-bond donors (Lipinski definition) is 2. The molecule has 3 nitrogen and oxygen atoms in total. The first-order valence-corrected chi connectivity index (χ1v) is 3.58. The van der Waals surface area contributed by atoms with Gasteiger partial charge in [0.2, 0.25) is 0 Å². The Morgan fingerprint density at radius 3 is 3.00 bits per heavy atom. The van der Waals surface area contributed by atoms with Gasteiger partial charge in [-0.05, 0) is 0 Å². The van der Waals surface area contributed by atoms with Gasteiger partial charge in [0, 0.05) is 38.3 Å². The number of fused-ring (bicyclic) bond motifs is 1. The van der Waals surface area contributed by atoms with Crippen molar-refractivity contribution in [2.75, 3.05) is 26.2 Å². The van der Waals surface area contributed by atoms with Gasteiger partial charge >= 0.3 is 0 Å². The van der Waals surface area contributed by atoms with Gasteiger partial charge in [0.1, 0.15) is 0 Å². The van der Waals surface area contributed by atoms with Crippen LogP contribution >= 0.6 is 0 Å². The summed E-state index contributed by atoms with van der Waals surface area (Å²) < 4.78 is 0. The van der Waals surface area contributed by atoms with Crippen molar-refractivity contribution in [1.82, 2.24) is 10.2 Å². The molecule has 2 rings (SSSR count). The number of nitrogens with zero attached hydrogens (tertiary/aromatic N) is 1. The van der Waals surface area contributed by atoms with E-state index in [1.165, 1.54) is 6.54 Å². The Bertz CT molecular complexity index is 113. The van der Waals surface area contributed by atoms with Gasteiger partial charge in [-0.15, -0.1) is 0 Å². The van der Waals surface area contributed by atoms with Crippen molar-refractivity contribution in [3.8, 4) is 0 Å². The van der Waals surface area contributed by atoms with E-state index in [0.29, 0.717) is 12.1 Å². The summed E-state index contributed by atoms with van der Waals surface area (Å²) in [5, 5.41) is 3.32. The Kier molecular flexibility index (Phi) is 1.22. The zero-order valence-corrected chi connectivity index (χ0v) is 5.51. The van der Waals surface area contributed by atoms with Crippen molar-refractivity contribution in [3.05, 3.63) is 0 Å². The fraction of sp³-hybridized carbons (Fsp3) is 1.00. The van der Waals surface area contributed by atoms with Crippen molar-refractivity contribution in [2.45, 2.75) is 12.1 Å². The van der Waals surface area contributed by atoms with Crippen molar-refractivity contribution >= 4 is 0 Å². The number of rotatable bonds is 0. The van der Waals surface area contributed by atoms with E-state index in [9.17, 15) is 0 Å². The van der Waals surface area contributed by atoms with E-state index in [4.69, 9.17) is 5.73 Å². The maximum atomic E-state index is 5.75. The second-order valence-electron chi connectivity index (χ2n) is 2.93. The third-order valence-corrected chi connectivity index (χ3v) is 2.34. The van der Waals surface area contributed by atoms with Crippen LogP contribution in [-0.4, -0.2) is 43.2 Å². The van der Waals surface area contributed by atoms with Crippen molar-refractivity contribution in [2.24, 2.45) is 5.73 Å². The number of nitrogens with two attached hydrogens (primary N) is 1. The summed E-state index contributed by atoms with van der Waals surface area (Å²) in [6.07, 6.45) is 0. The molecular weight excluding hydrogens is 114 g/mol. The molecule has 0 aromatic heterocycles. The van der Waals surface area contributed by atoms with Gasteiger partial charge in [0.05, 0.1) is 0 Å². The Morgan fingerprint density at radius 1 is 1.56 bits per heavy atom. The minimum absolute atomic E-state index is 0.442. The van der Waals surface area contributed by atoms with Gasteiger partial charge in [-0.25, -0.2) is 0 Å². The Morgan fingerprint density at radius 2 is 2.44 bits per heavy atom. The molecule has 2 atom stereocenters. The van der Waals surface area contributed by atoms with Crippen molar-refractivity contribution < 1.29 is 0 Å². The summed E-state index contributed by atoms with van der Waals surface area (Å²) in [6, 6.07) is 1.09. The minimum Gasteiger partial charge on any atom is -0.325 e. The van der Waals surface area contributed by atoms with Crippen LogP contribution in [0.5, 0.6) is 0 Å². The van der Waals surface area contributed by atoms with Crippen LogP contribution in [-0.2, 0) is 0 Å². The average molecular weight is 127 g/mol. The van der Waals surface area contributed by atoms with E-state index >= 15 is 0 Å². The summed E-state index contributed by atoms with van der Waals surface area (Å²) in [5.41, 5.74) is 5.75. The zero-order chi connectivity index (χ0) is 6.27. The molecule has 9 heavy (non-hydrogen) atoms. The molecule has 52 valence electrons. The van der Waals surface area contributed by atoms with Gasteiger partial charge in [-0.2, -0.15) is 0 Å². The molecule has 2 aliphatic heterocycles. The SMILES string of the molecule is NC1CN2CCNCC12. The van der Waals surface area contributed by atoms with Crippen LogP contribution in [0.15, 0.2) is 0 Å². The molecule has 2 saturated heterocycles. The number of nitrogens with one attached hydrogen (secondary N) is 1. The van der Waals surface area contributed by atoms with Gasteiger partial charge in [0.15, 0.2) is 0 Å². The molecule has 3 heteroatoms. The first kappa shape index (κ1) is 5.65. The number of hydrogen-bond acceptors (Lipinski definition) is 3. The van der Waals surface area contributed by atoms with E-state index in [2.05, 4.69) is 10.2 Å². The zero-order valence-electron chi connectivity index (χ0n) is 5.51. The maximum absolute atomic E-state index is 5.75. The van der Waals surface area contributed by atoms with Gasteiger partial charge in [-0.1, -0.05) is 0 Å². The lowest BCUT2D eigenvalue weighted by molar-refractivity contribution is 0.0417. The molecule has 0 aromatic rings. The summed E-state index contributed by atoms with van der Waals surface area (Å²) in [6.45, 7) is 4.55. The van der Waals surface area contributed by atoms with Gasteiger partial charge in [0.25, 0.3) is 0 Å². The molecular formula is C6H13N3. The first-order valence-electron chi connectivity index (χ1n) is 3.58. The highest BCUT2D eigenvalue weighted by Gasteiger charge is 2.37. The first-order chi connectivity index (χ1) is 4.38. The Balaban J connectivity index is 1.94. The number of piperazine rings is 1. The molecule has 0 aliphatic carbocycles. The smallest absolute Gasteiger partial charge is 0.0385 e. The fourth-order valence-electron chi connectivity index (χ4n) is 1.67. The molecule has 0 amide bonds. The molecule has 0 spiro atoms. The lowest BCUT2D eigenvalue weighted by atomic mass is 9.95. The molecule has 0 saturated carbocycles. The second-order valence-corrected chi connectivity index (χ2v) is 2.93. The summed E-state index contributed by atoms with van der Waals surface area (Å²) in [4.78, 5) is 2.45. The van der Waals surface area contributed by atoms with Crippen LogP contribution < -0.4 is 11.1 Å². The second kappa shape index (κ2) is 1.94. The van der Waals surface area contributed by atoms with Gasteiger partial charge < -0.3 is 11.1 Å². The molecule has 0 radical (unpaired) electrons. The largest absolute Gasteiger partial charge is 0.325 e. The lowest BCUT2D eigenvalue weighted by Crippen LogP contribution is -2.70. The van der Waals surface area contributed by atoms with E-state index < -0.39 is 0 Å². The molecule has 0 bridgehead atoms. The van der Waals surface area contributed by atoms with Gasteiger partial charge in [-0.3, -0.25) is 4.90 Å². The quantitative estimate of drug-likeness (QED) is 0.420. The van der Waals surface area contributed by atoms with Crippen molar-refractivity contribution in [1.29, 1.82) is 0 Å². The highest BCUT2D eigenvalue weighted by molar-refractivity contribution is 4.98. The highest BCUT2D eigenvalue weighted by atomic mass is 15.3. The predicted molar refractivity (Wildman–Crippen MR) is 36.2 cm³/mol. The summed E-state index contributed by atoms with van der Waals surface area (Å²) in [5.74, 6) is 0. The van der Waals surface area contributed by atoms with Crippen LogP contribution in [0, 0.1) is 0 Å². The third kappa shape index (κ3) is 0.764. The normalized spacial score (nSPS) is 43.7. The molecule has 2 heterocycles. The molecule has 3 N–H and O–H groups in total. The predicted octanol–water partition coefficient (Wildman–Crippen LogP) is -1.40. The Labute approximate surface area is 55.2 Å². The van der Waals surface area contributed by atoms with Crippen molar-refractivity contribution in [3.63, 3.8) is 0 Å². The minimum atomic E-state index is 0.442. The van der Waals surface area contributed by atoms with Crippen LogP contribution in [0.1, 0.15) is 0 Å². The fourth-order valence-corrected chi connectivity index (χ4v) is 1.67. The standard InChI is InChI=1S/C6H13N3/c7-5-4-9-2-1-8-3-6(5)9/h5-6,8H,1-4,7H2.